The molecule has 2 nitrogen and oxygen atoms in total. The van der Waals surface area contributed by atoms with Gasteiger partial charge in [-0.3, -0.25) is 0 Å². The van der Waals surface area contributed by atoms with Gasteiger partial charge in [0.05, 0.1) is 7.11 Å². The van der Waals surface area contributed by atoms with Crippen LogP contribution in [0, 0.1) is 0 Å². The highest BCUT2D eigenvalue weighted by molar-refractivity contribution is 7.99. The molecule has 0 amide bonds. The van der Waals surface area contributed by atoms with Crippen molar-refractivity contribution in [2.45, 2.75) is 50.3 Å². The third kappa shape index (κ3) is 5.67. The molecule has 3 heteroatoms. The molecule has 0 atom stereocenters. The molecule has 0 aliphatic heterocycles. The van der Waals surface area contributed by atoms with Crippen LogP contribution in [0.25, 0.3) is 0 Å². The number of benzene rings is 1. The van der Waals surface area contributed by atoms with Crippen LogP contribution in [-0.2, 0) is 0 Å². The summed E-state index contributed by atoms with van der Waals surface area (Å²) < 4.78 is 5.21. The Morgan fingerprint density at radius 3 is 2.56 bits per heavy atom. The molecule has 0 bridgehead atoms. The van der Waals surface area contributed by atoms with Crippen molar-refractivity contribution in [3.63, 3.8) is 0 Å². The Morgan fingerprint density at radius 1 is 1.11 bits per heavy atom. The van der Waals surface area contributed by atoms with E-state index in [1.165, 1.54) is 38.5 Å². The first kappa shape index (κ1) is 15.2. The molecule has 18 heavy (non-hydrogen) atoms. The Balaban J connectivity index is 2.22. The van der Waals surface area contributed by atoms with E-state index in [1.54, 1.807) is 7.11 Å². The van der Waals surface area contributed by atoms with Gasteiger partial charge in [0.2, 0.25) is 0 Å². The average molecular weight is 267 g/mol. The molecule has 0 saturated carbocycles. The van der Waals surface area contributed by atoms with E-state index in [1.807, 2.05) is 30.0 Å². The molecule has 0 saturated heterocycles. The predicted octanol–water partition coefficient (Wildman–Crippen LogP) is 4.73. The van der Waals surface area contributed by atoms with E-state index in [4.69, 9.17) is 10.5 Å². The zero-order chi connectivity index (χ0) is 13.2. The van der Waals surface area contributed by atoms with E-state index >= 15 is 0 Å². The Bertz CT molecular complexity index is 341. The van der Waals surface area contributed by atoms with Crippen molar-refractivity contribution < 1.29 is 4.74 Å². The SMILES string of the molecule is CCCCCCCCSc1cc(OC)ccc1N. The van der Waals surface area contributed by atoms with Gasteiger partial charge in [-0.05, 0) is 30.4 Å². The van der Waals surface area contributed by atoms with E-state index < -0.39 is 0 Å². The molecule has 2 N–H and O–H groups in total. The summed E-state index contributed by atoms with van der Waals surface area (Å²) in [5.41, 5.74) is 6.80. The average Bonchev–Trinajstić information content (AvgIpc) is 2.39. The zero-order valence-electron chi connectivity index (χ0n) is 11.6. The van der Waals surface area contributed by atoms with Crippen molar-refractivity contribution in [3.8, 4) is 5.75 Å². The van der Waals surface area contributed by atoms with Crippen LogP contribution >= 0.6 is 11.8 Å². The summed E-state index contributed by atoms with van der Waals surface area (Å²) in [7, 11) is 1.69. The molecule has 1 rings (SSSR count). The van der Waals surface area contributed by atoms with Gasteiger partial charge in [0.15, 0.2) is 0 Å². The Hall–Kier alpha value is -0.830. The van der Waals surface area contributed by atoms with Gasteiger partial charge >= 0.3 is 0 Å². The highest BCUT2D eigenvalue weighted by atomic mass is 32.2. The lowest BCUT2D eigenvalue weighted by Gasteiger charge is -2.07. The van der Waals surface area contributed by atoms with Gasteiger partial charge in [0, 0.05) is 10.6 Å². The van der Waals surface area contributed by atoms with Gasteiger partial charge in [-0.2, -0.15) is 0 Å². The molecule has 0 unspecified atom stereocenters. The van der Waals surface area contributed by atoms with E-state index in [2.05, 4.69) is 6.92 Å². The number of hydrogen-bond donors (Lipinski definition) is 1. The number of hydrogen-bond acceptors (Lipinski definition) is 3. The molecule has 0 aromatic heterocycles. The molecule has 0 heterocycles. The maximum atomic E-state index is 5.95. The number of rotatable bonds is 9. The third-order valence-electron chi connectivity index (χ3n) is 2.98. The molecule has 1 aromatic carbocycles. The second-order valence-electron chi connectivity index (χ2n) is 4.52. The fraction of sp³-hybridized carbons (Fsp3) is 0.600. The van der Waals surface area contributed by atoms with Crippen LogP contribution in [-0.4, -0.2) is 12.9 Å². The minimum Gasteiger partial charge on any atom is -0.497 e. The molecular formula is C15H25NOS. The Labute approximate surface area is 115 Å². The quantitative estimate of drug-likeness (QED) is 0.399. The number of methoxy groups -OCH3 is 1. The molecule has 102 valence electrons. The molecule has 0 aliphatic carbocycles. The largest absolute Gasteiger partial charge is 0.497 e. The number of anilines is 1. The zero-order valence-corrected chi connectivity index (χ0v) is 12.4. The van der Waals surface area contributed by atoms with Gasteiger partial charge < -0.3 is 10.5 Å². The molecule has 0 fully saturated rings. The first-order chi connectivity index (χ1) is 8.77. The molecule has 0 radical (unpaired) electrons. The van der Waals surface area contributed by atoms with Crippen LogP contribution in [0.1, 0.15) is 45.4 Å². The van der Waals surface area contributed by atoms with Crippen molar-refractivity contribution in [2.75, 3.05) is 18.6 Å². The van der Waals surface area contributed by atoms with Gasteiger partial charge in [-0.25, -0.2) is 0 Å². The summed E-state index contributed by atoms with van der Waals surface area (Å²) in [5, 5.41) is 0. The normalized spacial score (nSPS) is 10.6. The molecule has 0 aliphatic rings. The van der Waals surface area contributed by atoms with Crippen molar-refractivity contribution in [3.05, 3.63) is 18.2 Å². The molecule has 1 aromatic rings. The fourth-order valence-electron chi connectivity index (χ4n) is 1.83. The first-order valence-electron chi connectivity index (χ1n) is 6.84. The summed E-state index contributed by atoms with van der Waals surface area (Å²) >= 11 is 1.84. The number of ether oxygens (including phenoxy) is 1. The summed E-state index contributed by atoms with van der Waals surface area (Å²) in [6.07, 6.45) is 8.03. The van der Waals surface area contributed by atoms with Crippen LogP contribution in [0.4, 0.5) is 5.69 Å². The fourth-order valence-corrected chi connectivity index (χ4v) is 2.83. The van der Waals surface area contributed by atoms with Crippen LogP contribution in [0.2, 0.25) is 0 Å². The number of nitrogens with two attached hydrogens (primary N) is 1. The highest BCUT2D eigenvalue weighted by Crippen LogP contribution is 2.29. The standard InChI is InChI=1S/C15H25NOS/c1-3-4-5-6-7-8-11-18-15-12-13(17-2)9-10-14(15)16/h9-10,12H,3-8,11,16H2,1-2H3. The van der Waals surface area contributed by atoms with Gasteiger partial charge in [0.1, 0.15) is 5.75 Å². The van der Waals surface area contributed by atoms with Gasteiger partial charge in [-0.1, -0.05) is 39.0 Å². The van der Waals surface area contributed by atoms with Crippen LogP contribution in [0.5, 0.6) is 5.75 Å². The predicted molar refractivity (Wildman–Crippen MR) is 81.5 cm³/mol. The third-order valence-corrected chi connectivity index (χ3v) is 4.13. The van der Waals surface area contributed by atoms with E-state index in [0.717, 1.165) is 22.1 Å². The molecular weight excluding hydrogens is 242 g/mol. The number of unbranched alkanes of at least 4 members (excludes halogenated alkanes) is 5. The van der Waals surface area contributed by atoms with Crippen molar-refractivity contribution in [1.29, 1.82) is 0 Å². The summed E-state index contributed by atoms with van der Waals surface area (Å²) in [5.74, 6) is 2.03. The molecule has 0 spiro atoms. The minimum atomic E-state index is 0.854. The van der Waals surface area contributed by atoms with Crippen molar-refractivity contribution in [1.82, 2.24) is 0 Å². The Kier molecular flexibility index (Phi) is 7.74. The second-order valence-corrected chi connectivity index (χ2v) is 5.66. The monoisotopic (exact) mass is 267 g/mol. The topological polar surface area (TPSA) is 35.2 Å². The highest BCUT2D eigenvalue weighted by Gasteiger charge is 2.02. The van der Waals surface area contributed by atoms with E-state index in [9.17, 15) is 0 Å². The number of nitrogen functional groups attached to an aromatic ring is 1. The van der Waals surface area contributed by atoms with Crippen LogP contribution in [0.15, 0.2) is 23.1 Å². The smallest absolute Gasteiger partial charge is 0.120 e. The van der Waals surface area contributed by atoms with Crippen LogP contribution < -0.4 is 10.5 Å². The van der Waals surface area contributed by atoms with E-state index in [-0.39, 0.29) is 0 Å². The maximum absolute atomic E-state index is 5.95. The lowest BCUT2D eigenvalue weighted by atomic mass is 10.1. The number of thioether (sulfide) groups is 1. The van der Waals surface area contributed by atoms with Crippen molar-refractivity contribution in [2.24, 2.45) is 0 Å². The lowest BCUT2D eigenvalue weighted by molar-refractivity contribution is 0.414. The van der Waals surface area contributed by atoms with Gasteiger partial charge in [0.25, 0.3) is 0 Å². The second kappa shape index (κ2) is 9.15. The lowest BCUT2D eigenvalue weighted by Crippen LogP contribution is -1.91. The van der Waals surface area contributed by atoms with Crippen molar-refractivity contribution >= 4 is 17.4 Å². The van der Waals surface area contributed by atoms with Gasteiger partial charge in [-0.15, -0.1) is 11.8 Å². The summed E-state index contributed by atoms with van der Waals surface area (Å²) in [6.45, 7) is 2.25. The van der Waals surface area contributed by atoms with Crippen LogP contribution in [0.3, 0.4) is 0 Å². The summed E-state index contributed by atoms with van der Waals surface area (Å²) in [6, 6.07) is 5.85. The Morgan fingerprint density at radius 2 is 1.83 bits per heavy atom. The maximum Gasteiger partial charge on any atom is 0.120 e. The summed E-state index contributed by atoms with van der Waals surface area (Å²) in [4.78, 5) is 1.14. The minimum absolute atomic E-state index is 0.854. The van der Waals surface area contributed by atoms with E-state index in [0.29, 0.717) is 0 Å². The first-order valence-corrected chi connectivity index (χ1v) is 7.82.